The van der Waals surface area contributed by atoms with Crippen molar-refractivity contribution in [1.82, 2.24) is 0 Å². The lowest BCUT2D eigenvalue weighted by Gasteiger charge is -2.05. The molecule has 0 aromatic rings. The lowest BCUT2D eigenvalue weighted by atomic mass is 10.5. The van der Waals surface area contributed by atoms with E-state index in [4.69, 9.17) is 11.6 Å². The average molecular weight is 167 g/mol. The Morgan fingerprint density at radius 1 is 1.70 bits per heavy atom. The first-order valence-corrected chi connectivity index (χ1v) is 3.58. The van der Waals surface area contributed by atoms with Crippen molar-refractivity contribution in [3.8, 4) is 0 Å². The SMILES string of the molecule is CCCOC(=O)OC(C)Cl. The molecule has 0 heterocycles. The van der Waals surface area contributed by atoms with Gasteiger partial charge in [0, 0.05) is 0 Å². The van der Waals surface area contributed by atoms with E-state index in [0.717, 1.165) is 6.42 Å². The van der Waals surface area contributed by atoms with Gasteiger partial charge in [-0.15, -0.1) is 0 Å². The fraction of sp³-hybridized carbons (Fsp3) is 0.833. The zero-order chi connectivity index (χ0) is 7.98. The molecule has 0 radical (unpaired) electrons. The van der Waals surface area contributed by atoms with E-state index in [1.165, 1.54) is 0 Å². The minimum atomic E-state index is -0.704. The summed E-state index contributed by atoms with van der Waals surface area (Å²) < 4.78 is 9.01. The molecule has 1 atom stereocenters. The number of alkyl halides is 1. The number of carbonyl (C=O) groups is 1. The second-order valence-electron chi connectivity index (χ2n) is 1.76. The molecule has 4 heteroatoms. The van der Waals surface area contributed by atoms with E-state index in [-0.39, 0.29) is 0 Å². The molecule has 3 nitrogen and oxygen atoms in total. The fourth-order valence-electron chi connectivity index (χ4n) is 0.352. The van der Waals surface area contributed by atoms with Gasteiger partial charge in [0.2, 0.25) is 0 Å². The van der Waals surface area contributed by atoms with Crippen molar-refractivity contribution in [2.45, 2.75) is 25.8 Å². The second-order valence-corrected chi connectivity index (χ2v) is 2.37. The molecule has 0 rings (SSSR count). The smallest absolute Gasteiger partial charge is 0.434 e. The highest BCUT2D eigenvalue weighted by molar-refractivity contribution is 6.19. The van der Waals surface area contributed by atoms with E-state index >= 15 is 0 Å². The van der Waals surface area contributed by atoms with Crippen LogP contribution in [0.15, 0.2) is 0 Å². The number of halogens is 1. The van der Waals surface area contributed by atoms with Crippen LogP contribution in [0.2, 0.25) is 0 Å². The quantitative estimate of drug-likeness (QED) is 0.476. The summed E-state index contributed by atoms with van der Waals surface area (Å²) in [6, 6.07) is 0. The zero-order valence-corrected chi connectivity index (χ0v) is 6.85. The van der Waals surface area contributed by atoms with Crippen molar-refractivity contribution in [3.63, 3.8) is 0 Å². The van der Waals surface area contributed by atoms with Gasteiger partial charge in [-0.3, -0.25) is 0 Å². The van der Waals surface area contributed by atoms with Crippen molar-refractivity contribution in [2.24, 2.45) is 0 Å². The first-order chi connectivity index (χ1) is 4.66. The van der Waals surface area contributed by atoms with Gasteiger partial charge >= 0.3 is 6.16 Å². The lowest BCUT2D eigenvalue weighted by molar-refractivity contribution is 0.0498. The van der Waals surface area contributed by atoms with Crippen molar-refractivity contribution < 1.29 is 14.3 Å². The van der Waals surface area contributed by atoms with Crippen LogP contribution >= 0.6 is 11.6 Å². The Balaban J connectivity index is 3.26. The van der Waals surface area contributed by atoms with Crippen molar-refractivity contribution in [3.05, 3.63) is 0 Å². The van der Waals surface area contributed by atoms with Crippen molar-refractivity contribution in [2.75, 3.05) is 6.61 Å². The standard InChI is InChI=1S/C6H11ClO3/c1-3-4-9-6(8)10-5(2)7/h5H,3-4H2,1-2H3. The third-order valence-electron chi connectivity index (χ3n) is 0.683. The van der Waals surface area contributed by atoms with Crippen LogP contribution in [0.1, 0.15) is 20.3 Å². The molecule has 10 heavy (non-hydrogen) atoms. The predicted octanol–water partition coefficient (Wildman–Crippen LogP) is 2.13. The Bertz CT molecular complexity index is 103. The highest BCUT2D eigenvalue weighted by atomic mass is 35.5. The van der Waals surface area contributed by atoms with Gasteiger partial charge in [0.1, 0.15) is 0 Å². The van der Waals surface area contributed by atoms with Crippen LogP contribution in [0.4, 0.5) is 4.79 Å². The van der Waals surface area contributed by atoms with E-state index in [1.807, 2.05) is 6.92 Å². The van der Waals surface area contributed by atoms with Gasteiger partial charge in [0.15, 0.2) is 5.56 Å². The van der Waals surface area contributed by atoms with Gasteiger partial charge in [0.05, 0.1) is 6.61 Å². The van der Waals surface area contributed by atoms with Crippen LogP contribution in [-0.4, -0.2) is 18.3 Å². The molecule has 0 aliphatic heterocycles. The largest absolute Gasteiger partial charge is 0.509 e. The molecule has 0 aromatic carbocycles. The topological polar surface area (TPSA) is 35.5 Å². The molecular weight excluding hydrogens is 156 g/mol. The second kappa shape index (κ2) is 5.35. The Morgan fingerprint density at radius 2 is 2.30 bits per heavy atom. The van der Waals surface area contributed by atoms with Crippen molar-refractivity contribution >= 4 is 17.8 Å². The maximum absolute atomic E-state index is 10.5. The summed E-state index contributed by atoms with van der Waals surface area (Å²) in [5.41, 5.74) is -0.621. The van der Waals surface area contributed by atoms with Gasteiger partial charge in [0.25, 0.3) is 0 Å². The van der Waals surface area contributed by atoms with E-state index in [0.29, 0.717) is 6.61 Å². The molecule has 0 aliphatic rings. The number of hydrogen-bond donors (Lipinski definition) is 0. The molecule has 0 bridgehead atoms. The highest BCUT2D eigenvalue weighted by Gasteiger charge is 2.05. The van der Waals surface area contributed by atoms with E-state index in [2.05, 4.69) is 9.47 Å². The Kier molecular flexibility index (Phi) is 5.12. The summed E-state index contributed by atoms with van der Waals surface area (Å²) in [5, 5.41) is 0. The molecular formula is C6H11ClO3. The molecule has 0 amide bonds. The van der Waals surface area contributed by atoms with Gasteiger partial charge in [-0.05, 0) is 13.3 Å². The fourth-order valence-corrected chi connectivity index (χ4v) is 0.425. The zero-order valence-electron chi connectivity index (χ0n) is 6.09. The maximum atomic E-state index is 10.5. The van der Waals surface area contributed by atoms with Crippen LogP contribution in [0.3, 0.4) is 0 Å². The molecule has 0 aromatic heterocycles. The molecule has 1 unspecified atom stereocenters. The Morgan fingerprint density at radius 3 is 2.70 bits per heavy atom. The third kappa shape index (κ3) is 5.69. The number of carbonyl (C=O) groups excluding carboxylic acids is 1. The monoisotopic (exact) mass is 166 g/mol. The first kappa shape index (κ1) is 9.56. The van der Waals surface area contributed by atoms with Crippen LogP contribution in [-0.2, 0) is 9.47 Å². The summed E-state index contributed by atoms with van der Waals surface area (Å²) in [4.78, 5) is 10.5. The van der Waals surface area contributed by atoms with Gasteiger partial charge in [-0.2, -0.15) is 0 Å². The van der Waals surface area contributed by atoms with Crippen LogP contribution in [0.25, 0.3) is 0 Å². The molecule has 0 saturated carbocycles. The normalized spacial score (nSPS) is 12.3. The lowest BCUT2D eigenvalue weighted by Crippen LogP contribution is -2.11. The number of ether oxygens (including phenoxy) is 2. The highest BCUT2D eigenvalue weighted by Crippen LogP contribution is 1.98. The molecule has 60 valence electrons. The summed E-state index contributed by atoms with van der Waals surface area (Å²) >= 11 is 5.33. The third-order valence-corrected chi connectivity index (χ3v) is 0.772. The van der Waals surface area contributed by atoms with Crippen LogP contribution < -0.4 is 0 Å². The average Bonchev–Trinajstić information content (AvgIpc) is 1.82. The molecule has 0 saturated heterocycles. The summed E-state index contributed by atoms with van der Waals surface area (Å²) in [7, 11) is 0. The van der Waals surface area contributed by atoms with Gasteiger partial charge in [-0.25, -0.2) is 4.79 Å². The van der Waals surface area contributed by atoms with Gasteiger partial charge in [-0.1, -0.05) is 18.5 Å². The maximum Gasteiger partial charge on any atom is 0.509 e. The minimum absolute atomic E-state index is 0.377. The molecule has 0 spiro atoms. The summed E-state index contributed by atoms with van der Waals surface area (Å²) in [5.74, 6) is 0. The first-order valence-electron chi connectivity index (χ1n) is 3.14. The Labute approximate surface area is 65.3 Å². The Hall–Kier alpha value is -0.440. The van der Waals surface area contributed by atoms with Crippen LogP contribution in [0.5, 0.6) is 0 Å². The number of hydrogen-bond acceptors (Lipinski definition) is 3. The van der Waals surface area contributed by atoms with Crippen LogP contribution in [0, 0.1) is 0 Å². The predicted molar refractivity (Wildman–Crippen MR) is 38.0 cm³/mol. The molecule has 0 aliphatic carbocycles. The van der Waals surface area contributed by atoms with Crippen molar-refractivity contribution in [1.29, 1.82) is 0 Å². The summed E-state index contributed by atoms with van der Waals surface area (Å²) in [6.45, 7) is 3.83. The summed E-state index contributed by atoms with van der Waals surface area (Å²) in [6.07, 6.45) is 0.0792. The molecule has 0 fully saturated rings. The minimum Gasteiger partial charge on any atom is -0.434 e. The van der Waals surface area contributed by atoms with E-state index in [9.17, 15) is 4.79 Å². The number of rotatable bonds is 3. The van der Waals surface area contributed by atoms with E-state index < -0.39 is 11.7 Å². The van der Waals surface area contributed by atoms with E-state index in [1.54, 1.807) is 6.92 Å². The van der Waals surface area contributed by atoms with Gasteiger partial charge < -0.3 is 9.47 Å². The molecule has 0 N–H and O–H groups in total.